The number of aromatic hydroxyl groups is 1. The molecule has 3 unspecified atom stereocenters. The number of methoxy groups -OCH3 is 1. The van der Waals surface area contributed by atoms with Crippen LogP contribution < -0.4 is 15.8 Å². The van der Waals surface area contributed by atoms with Gasteiger partial charge in [-0.1, -0.05) is 42.5 Å². The lowest BCUT2D eigenvalue weighted by Crippen LogP contribution is -2.36. The quantitative estimate of drug-likeness (QED) is 0.165. The summed E-state index contributed by atoms with van der Waals surface area (Å²) in [6.45, 7) is 0. The number of rotatable bonds is 5. The smallest absolute Gasteiger partial charge is 0.336 e. The molecule has 7 nitrogen and oxygen atoms in total. The number of hydrogen-bond acceptors (Lipinski definition) is 5. The molecule has 1 heterocycles. The number of nitrogen functional groups attached to an aromatic ring is 1. The molecular formula is C32H29N3O4. The van der Waals surface area contributed by atoms with Crippen LogP contribution in [0.1, 0.15) is 56.6 Å². The molecule has 0 saturated heterocycles. The number of amidine groups is 1. The minimum Gasteiger partial charge on any atom is -0.504 e. The van der Waals surface area contributed by atoms with Crippen molar-refractivity contribution in [2.75, 3.05) is 12.4 Å². The number of anilines is 1. The van der Waals surface area contributed by atoms with E-state index in [1.165, 1.54) is 18.2 Å². The molecule has 1 aliphatic carbocycles. The molecule has 0 spiro atoms. The monoisotopic (exact) mass is 519 g/mol. The maximum Gasteiger partial charge on any atom is 0.336 e. The zero-order valence-electron chi connectivity index (χ0n) is 21.4. The van der Waals surface area contributed by atoms with Crippen molar-refractivity contribution in [3.63, 3.8) is 0 Å². The van der Waals surface area contributed by atoms with Crippen molar-refractivity contribution < 1.29 is 19.7 Å². The van der Waals surface area contributed by atoms with E-state index in [4.69, 9.17) is 15.9 Å². The molecule has 4 aromatic rings. The van der Waals surface area contributed by atoms with Crippen LogP contribution in [0.4, 0.5) is 5.69 Å². The first-order valence-electron chi connectivity index (χ1n) is 12.9. The van der Waals surface area contributed by atoms with Crippen molar-refractivity contribution >= 4 is 17.5 Å². The molecule has 0 aromatic heterocycles. The Labute approximate surface area is 226 Å². The topological polar surface area (TPSA) is 129 Å². The fourth-order valence-electron chi connectivity index (χ4n) is 6.39. The largest absolute Gasteiger partial charge is 0.504 e. The highest BCUT2D eigenvalue weighted by Crippen LogP contribution is 2.54. The molecule has 6 N–H and O–H groups in total. The Balaban J connectivity index is 1.60. The molecule has 0 saturated carbocycles. The number of benzene rings is 4. The van der Waals surface area contributed by atoms with Crippen LogP contribution in [0.5, 0.6) is 11.5 Å². The molecule has 196 valence electrons. The zero-order chi connectivity index (χ0) is 27.3. The highest BCUT2D eigenvalue weighted by atomic mass is 16.5. The van der Waals surface area contributed by atoms with Crippen LogP contribution in [0, 0.1) is 11.3 Å². The fourth-order valence-corrected chi connectivity index (χ4v) is 6.39. The fraction of sp³-hybridized carbons (Fsp3) is 0.188. The molecular weight excluding hydrogens is 490 g/mol. The Morgan fingerprint density at radius 1 is 0.974 bits per heavy atom. The molecule has 0 bridgehead atoms. The van der Waals surface area contributed by atoms with Gasteiger partial charge >= 0.3 is 5.97 Å². The Morgan fingerprint density at radius 2 is 1.74 bits per heavy atom. The SMILES string of the molecule is COc1cc(C2Nc3ccc(C(=N)N)cc3C3c4ccccc4CCC23)c(-c2ccccc2C(=O)O)cc1O. The lowest BCUT2D eigenvalue weighted by Gasteiger charge is -2.45. The second-order valence-corrected chi connectivity index (χ2v) is 10.2. The van der Waals surface area contributed by atoms with Crippen LogP contribution >= 0.6 is 0 Å². The minimum absolute atomic E-state index is 0.0244. The third kappa shape index (κ3) is 4.07. The predicted octanol–water partition coefficient (Wildman–Crippen LogP) is 5.91. The number of phenols is 1. The highest BCUT2D eigenvalue weighted by molar-refractivity contribution is 5.97. The van der Waals surface area contributed by atoms with E-state index in [1.54, 1.807) is 30.3 Å². The number of nitrogens with one attached hydrogen (secondary N) is 2. The van der Waals surface area contributed by atoms with Crippen molar-refractivity contribution in [1.82, 2.24) is 0 Å². The van der Waals surface area contributed by atoms with E-state index in [1.807, 2.05) is 24.3 Å². The van der Waals surface area contributed by atoms with E-state index in [9.17, 15) is 15.0 Å². The Bertz CT molecular complexity index is 1630. The van der Waals surface area contributed by atoms with Crippen LogP contribution in [0.2, 0.25) is 0 Å². The minimum atomic E-state index is -1.03. The molecule has 7 heteroatoms. The van der Waals surface area contributed by atoms with Gasteiger partial charge in [-0.15, -0.1) is 0 Å². The number of carbonyl (C=O) groups is 1. The van der Waals surface area contributed by atoms with E-state index >= 15 is 0 Å². The first kappa shape index (κ1) is 24.6. The van der Waals surface area contributed by atoms with Crippen molar-refractivity contribution in [2.45, 2.75) is 24.8 Å². The third-order valence-corrected chi connectivity index (χ3v) is 8.14. The maximum atomic E-state index is 12.2. The number of hydrogen-bond donors (Lipinski definition) is 5. The number of aromatic carboxylic acids is 1. The Morgan fingerprint density at radius 3 is 2.51 bits per heavy atom. The van der Waals surface area contributed by atoms with Gasteiger partial charge in [0.1, 0.15) is 5.84 Å². The van der Waals surface area contributed by atoms with Gasteiger partial charge in [-0.2, -0.15) is 0 Å². The average molecular weight is 520 g/mol. The summed E-state index contributed by atoms with van der Waals surface area (Å²) in [5.74, 6) is -0.581. The molecule has 4 aromatic carbocycles. The molecule has 2 aliphatic rings. The normalized spacial score (nSPS) is 19.2. The summed E-state index contributed by atoms with van der Waals surface area (Å²) in [5.41, 5.74) is 13.3. The molecule has 1 aliphatic heterocycles. The molecule has 6 rings (SSSR count). The summed E-state index contributed by atoms with van der Waals surface area (Å²) in [5, 5.41) is 32.5. The molecule has 0 amide bonds. The van der Waals surface area contributed by atoms with E-state index in [2.05, 4.69) is 29.6 Å². The number of carboxylic acid groups (broad SMARTS) is 1. The zero-order valence-corrected chi connectivity index (χ0v) is 21.4. The molecule has 39 heavy (non-hydrogen) atoms. The van der Waals surface area contributed by atoms with Crippen LogP contribution in [0.15, 0.2) is 78.9 Å². The Kier molecular flexibility index (Phi) is 5.99. The number of carboxylic acids is 1. The number of fused-ring (bicyclic) bond motifs is 5. The summed E-state index contributed by atoms with van der Waals surface area (Å²) in [7, 11) is 1.51. The number of nitrogens with two attached hydrogens (primary N) is 1. The van der Waals surface area contributed by atoms with Crippen LogP contribution in [-0.2, 0) is 6.42 Å². The van der Waals surface area contributed by atoms with Gasteiger partial charge in [-0.25, -0.2) is 4.79 Å². The van der Waals surface area contributed by atoms with Gasteiger partial charge in [0.15, 0.2) is 11.5 Å². The van der Waals surface area contributed by atoms with Crippen LogP contribution in [0.25, 0.3) is 11.1 Å². The van der Waals surface area contributed by atoms with E-state index in [-0.39, 0.29) is 35.0 Å². The van der Waals surface area contributed by atoms with E-state index in [0.29, 0.717) is 22.4 Å². The summed E-state index contributed by atoms with van der Waals surface area (Å²) < 4.78 is 5.52. The number of aryl methyl sites for hydroxylation is 1. The molecule has 0 fully saturated rings. The van der Waals surface area contributed by atoms with E-state index < -0.39 is 5.97 Å². The van der Waals surface area contributed by atoms with Gasteiger partial charge in [-0.05, 0) is 88.5 Å². The van der Waals surface area contributed by atoms with Crippen molar-refractivity contribution in [1.29, 1.82) is 5.41 Å². The van der Waals surface area contributed by atoms with Gasteiger partial charge in [-0.3, -0.25) is 5.41 Å². The average Bonchev–Trinajstić information content (AvgIpc) is 2.96. The van der Waals surface area contributed by atoms with Gasteiger partial charge in [0.2, 0.25) is 0 Å². The first-order valence-corrected chi connectivity index (χ1v) is 12.9. The van der Waals surface area contributed by atoms with Gasteiger partial charge in [0, 0.05) is 17.2 Å². The lowest BCUT2D eigenvalue weighted by atomic mass is 9.65. The second-order valence-electron chi connectivity index (χ2n) is 10.2. The number of ether oxygens (including phenoxy) is 1. The van der Waals surface area contributed by atoms with Crippen LogP contribution in [0.3, 0.4) is 0 Å². The highest BCUT2D eigenvalue weighted by Gasteiger charge is 2.42. The third-order valence-electron chi connectivity index (χ3n) is 8.14. The standard InChI is InChI=1S/C32H29N3O4/c1-39-28-16-24(23(15-27(28)36)20-8-4-5-9-21(20)32(37)38)30-22-12-10-17-6-2-3-7-19(17)29(22)25-14-18(31(33)34)11-13-26(25)35-30/h2-9,11,13-16,22,29-30,35-36H,10,12H2,1H3,(H3,33,34)(H,37,38). The van der Waals surface area contributed by atoms with Crippen molar-refractivity contribution in [2.24, 2.45) is 11.7 Å². The molecule has 0 radical (unpaired) electrons. The second kappa shape index (κ2) is 9.51. The van der Waals surface area contributed by atoms with E-state index in [0.717, 1.165) is 29.7 Å². The van der Waals surface area contributed by atoms with Crippen molar-refractivity contribution in [3.05, 3.63) is 112 Å². The van der Waals surface area contributed by atoms with Crippen LogP contribution in [-0.4, -0.2) is 29.1 Å². The van der Waals surface area contributed by atoms with Gasteiger partial charge in [0.25, 0.3) is 0 Å². The van der Waals surface area contributed by atoms with Gasteiger partial charge in [0.05, 0.1) is 18.7 Å². The maximum absolute atomic E-state index is 12.2. The summed E-state index contributed by atoms with van der Waals surface area (Å²) >= 11 is 0. The lowest BCUT2D eigenvalue weighted by molar-refractivity contribution is 0.0697. The first-order chi connectivity index (χ1) is 18.9. The summed E-state index contributed by atoms with van der Waals surface area (Å²) in [6.07, 6.45) is 1.81. The number of phenolic OH excluding ortho intramolecular Hbond substituents is 1. The molecule has 3 atom stereocenters. The van der Waals surface area contributed by atoms with Gasteiger partial charge < -0.3 is 26.0 Å². The van der Waals surface area contributed by atoms with Crippen molar-refractivity contribution in [3.8, 4) is 22.6 Å². The summed E-state index contributed by atoms with van der Waals surface area (Å²) in [6, 6.07) is 24.4. The predicted molar refractivity (Wildman–Crippen MR) is 151 cm³/mol. The Hall–Kier alpha value is -4.78. The summed E-state index contributed by atoms with van der Waals surface area (Å²) in [4.78, 5) is 12.2.